The summed E-state index contributed by atoms with van der Waals surface area (Å²) in [6.07, 6.45) is 3.06. The van der Waals surface area contributed by atoms with E-state index >= 15 is 0 Å². The van der Waals surface area contributed by atoms with Gasteiger partial charge in [-0.15, -0.1) is 0 Å². The Morgan fingerprint density at radius 1 is 0.929 bits per heavy atom. The molecule has 0 aliphatic rings. The van der Waals surface area contributed by atoms with Gasteiger partial charge >= 0.3 is 0 Å². The van der Waals surface area contributed by atoms with Crippen molar-refractivity contribution >= 4 is 11.6 Å². The maximum atomic E-state index is 5.54. The third kappa shape index (κ3) is 2.20. The standard InChI is InChI=1S/C10H7ClN2O/c11-10-12-6-9(7-13-10)14-8-4-2-1-3-5-8/h1-7H. The van der Waals surface area contributed by atoms with E-state index < -0.39 is 0 Å². The van der Waals surface area contributed by atoms with E-state index in [2.05, 4.69) is 9.97 Å². The average molecular weight is 207 g/mol. The van der Waals surface area contributed by atoms with Crippen molar-refractivity contribution in [3.63, 3.8) is 0 Å². The summed E-state index contributed by atoms with van der Waals surface area (Å²) in [5, 5.41) is 0.213. The molecule has 0 bridgehead atoms. The minimum Gasteiger partial charge on any atom is -0.454 e. The van der Waals surface area contributed by atoms with Gasteiger partial charge in [0.15, 0.2) is 5.75 Å². The lowest BCUT2D eigenvalue weighted by Gasteiger charge is -2.03. The van der Waals surface area contributed by atoms with Crippen molar-refractivity contribution in [3.8, 4) is 11.5 Å². The summed E-state index contributed by atoms with van der Waals surface area (Å²) in [4.78, 5) is 7.61. The number of benzene rings is 1. The number of para-hydroxylation sites is 1. The van der Waals surface area contributed by atoms with Gasteiger partial charge in [0, 0.05) is 0 Å². The topological polar surface area (TPSA) is 35.0 Å². The summed E-state index contributed by atoms with van der Waals surface area (Å²) in [7, 11) is 0. The Hall–Kier alpha value is -1.61. The molecule has 0 fully saturated rings. The van der Waals surface area contributed by atoms with Gasteiger partial charge in [0.2, 0.25) is 5.28 Å². The summed E-state index contributed by atoms with van der Waals surface area (Å²) < 4.78 is 5.45. The van der Waals surface area contributed by atoms with Crippen LogP contribution in [-0.2, 0) is 0 Å². The van der Waals surface area contributed by atoms with Gasteiger partial charge in [0.1, 0.15) is 5.75 Å². The molecule has 0 unspecified atom stereocenters. The Morgan fingerprint density at radius 2 is 1.57 bits per heavy atom. The number of halogens is 1. The van der Waals surface area contributed by atoms with Crippen LogP contribution in [0.3, 0.4) is 0 Å². The van der Waals surface area contributed by atoms with Crippen LogP contribution in [-0.4, -0.2) is 9.97 Å². The monoisotopic (exact) mass is 206 g/mol. The smallest absolute Gasteiger partial charge is 0.222 e. The van der Waals surface area contributed by atoms with Gasteiger partial charge < -0.3 is 4.74 Å². The first-order valence-electron chi connectivity index (χ1n) is 4.05. The first-order chi connectivity index (χ1) is 6.84. The second-order valence-corrected chi connectivity index (χ2v) is 2.94. The van der Waals surface area contributed by atoms with Gasteiger partial charge in [-0.1, -0.05) is 18.2 Å². The molecule has 14 heavy (non-hydrogen) atoms. The zero-order chi connectivity index (χ0) is 9.80. The number of ether oxygens (including phenoxy) is 1. The van der Waals surface area contributed by atoms with Crippen LogP contribution >= 0.6 is 11.6 Å². The molecule has 0 saturated heterocycles. The molecule has 1 aromatic carbocycles. The molecule has 0 amide bonds. The molecule has 0 N–H and O–H groups in total. The van der Waals surface area contributed by atoms with Gasteiger partial charge in [-0.2, -0.15) is 0 Å². The van der Waals surface area contributed by atoms with Crippen molar-refractivity contribution < 1.29 is 4.74 Å². The molecule has 70 valence electrons. The highest BCUT2D eigenvalue weighted by molar-refractivity contribution is 6.28. The minimum absolute atomic E-state index is 0.213. The van der Waals surface area contributed by atoms with Crippen LogP contribution < -0.4 is 4.74 Å². The first kappa shape index (κ1) is 8.97. The largest absolute Gasteiger partial charge is 0.454 e. The highest BCUT2D eigenvalue weighted by Gasteiger charge is 1.97. The second kappa shape index (κ2) is 4.07. The molecule has 0 radical (unpaired) electrons. The van der Waals surface area contributed by atoms with Crippen LogP contribution in [0.4, 0.5) is 0 Å². The van der Waals surface area contributed by atoms with Gasteiger partial charge in [0.25, 0.3) is 0 Å². The summed E-state index contributed by atoms with van der Waals surface area (Å²) in [5.41, 5.74) is 0. The quantitative estimate of drug-likeness (QED) is 0.709. The van der Waals surface area contributed by atoms with Gasteiger partial charge in [0.05, 0.1) is 12.4 Å². The normalized spacial score (nSPS) is 9.79. The van der Waals surface area contributed by atoms with Crippen molar-refractivity contribution in [3.05, 3.63) is 48.0 Å². The van der Waals surface area contributed by atoms with Crippen LogP contribution in [0.5, 0.6) is 11.5 Å². The lowest BCUT2D eigenvalue weighted by molar-refractivity contribution is 0.477. The summed E-state index contributed by atoms with van der Waals surface area (Å²) >= 11 is 5.54. The second-order valence-electron chi connectivity index (χ2n) is 2.60. The van der Waals surface area contributed by atoms with E-state index in [0.29, 0.717) is 5.75 Å². The van der Waals surface area contributed by atoms with E-state index in [-0.39, 0.29) is 5.28 Å². The Balaban J connectivity index is 2.16. The number of nitrogens with zero attached hydrogens (tertiary/aromatic N) is 2. The number of aromatic nitrogens is 2. The van der Waals surface area contributed by atoms with Crippen LogP contribution in [0.25, 0.3) is 0 Å². The van der Waals surface area contributed by atoms with E-state index in [0.717, 1.165) is 5.75 Å². The Morgan fingerprint density at radius 3 is 2.21 bits per heavy atom. The van der Waals surface area contributed by atoms with Crippen LogP contribution in [0, 0.1) is 0 Å². The number of hydrogen-bond acceptors (Lipinski definition) is 3. The third-order valence-electron chi connectivity index (χ3n) is 1.58. The molecule has 1 aromatic heterocycles. The molecule has 4 heteroatoms. The van der Waals surface area contributed by atoms with Gasteiger partial charge in [-0.25, -0.2) is 9.97 Å². The Bertz CT molecular complexity index is 402. The predicted octanol–water partition coefficient (Wildman–Crippen LogP) is 2.92. The zero-order valence-corrected chi connectivity index (χ0v) is 7.98. The van der Waals surface area contributed by atoms with E-state index in [1.165, 1.54) is 12.4 Å². The van der Waals surface area contributed by atoms with Gasteiger partial charge in [-0.3, -0.25) is 0 Å². The summed E-state index contributed by atoms with van der Waals surface area (Å²) in [6.45, 7) is 0. The SMILES string of the molecule is Clc1ncc(Oc2ccccc2)cn1. The summed E-state index contributed by atoms with van der Waals surface area (Å²) in [5.74, 6) is 1.32. The third-order valence-corrected chi connectivity index (χ3v) is 1.77. The van der Waals surface area contributed by atoms with Gasteiger partial charge in [-0.05, 0) is 23.7 Å². The molecule has 0 aliphatic heterocycles. The fourth-order valence-electron chi connectivity index (χ4n) is 0.978. The molecule has 0 atom stereocenters. The summed E-state index contributed by atoms with van der Waals surface area (Å²) in [6, 6.07) is 9.42. The Kier molecular flexibility index (Phi) is 2.60. The lowest BCUT2D eigenvalue weighted by Crippen LogP contribution is -1.86. The fraction of sp³-hybridized carbons (Fsp3) is 0. The zero-order valence-electron chi connectivity index (χ0n) is 7.22. The molecule has 2 aromatic rings. The van der Waals surface area contributed by atoms with Crippen LogP contribution in [0.15, 0.2) is 42.7 Å². The molecule has 0 spiro atoms. The first-order valence-corrected chi connectivity index (χ1v) is 4.43. The predicted molar refractivity (Wildman–Crippen MR) is 53.6 cm³/mol. The van der Waals surface area contributed by atoms with E-state index in [1.807, 2.05) is 30.3 Å². The lowest BCUT2D eigenvalue weighted by atomic mass is 10.3. The molecular weight excluding hydrogens is 200 g/mol. The number of rotatable bonds is 2. The van der Waals surface area contributed by atoms with Crippen molar-refractivity contribution in [1.29, 1.82) is 0 Å². The molecule has 0 aliphatic carbocycles. The van der Waals surface area contributed by atoms with Crippen molar-refractivity contribution in [2.75, 3.05) is 0 Å². The highest BCUT2D eigenvalue weighted by Crippen LogP contribution is 2.19. The molecule has 2 rings (SSSR count). The van der Waals surface area contributed by atoms with Crippen LogP contribution in [0.1, 0.15) is 0 Å². The molecule has 3 nitrogen and oxygen atoms in total. The molecule has 0 saturated carbocycles. The van der Waals surface area contributed by atoms with Crippen molar-refractivity contribution in [2.24, 2.45) is 0 Å². The van der Waals surface area contributed by atoms with Crippen LogP contribution in [0.2, 0.25) is 5.28 Å². The van der Waals surface area contributed by atoms with Crippen molar-refractivity contribution in [1.82, 2.24) is 9.97 Å². The Labute approximate surface area is 86.3 Å². The molecular formula is C10H7ClN2O. The minimum atomic E-state index is 0.213. The maximum absolute atomic E-state index is 5.54. The maximum Gasteiger partial charge on any atom is 0.222 e. The number of hydrogen-bond donors (Lipinski definition) is 0. The highest BCUT2D eigenvalue weighted by atomic mass is 35.5. The van der Waals surface area contributed by atoms with E-state index in [4.69, 9.17) is 16.3 Å². The van der Waals surface area contributed by atoms with E-state index in [9.17, 15) is 0 Å². The molecule has 1 heterocycles. The van der Waals surface area contributed by atoms with E-state index in [1.54, 1.807) is 0 Å². The fourth-order valence-corrected chi connectivity index (χ4v) is 1.08. The van der Waals surface area contributed by atoms with Crippen molar-refractivity contribution in [2.45, 2.75) is 0 Å². The average Bonchev–Trinajstić information content (AvgIpc) is 2.23.